The largest absolute Gasteiger partial charge is 0.497 e. The minimum absolute atomic E-state index is 0.0324. The highest BCUT2D eigenvalue weighted by atomic mass is 32.2. The number of nitrogens with one attached hydrogen (secondary N) is 1. The van der Waals surface area contributed by atoms with Crippen LogP contribution in [0, 0.1) is 0 Å². The van der Waals surface area contributed by atoms with Crippen LogP contribution >= 0.6 is 0 Å². The van der Waals surface area contributed by atoms with E-state index in [2.05, 4.69) is 5.32 Å². The van der Waals surface area contributed by atoms with Crippen LogP contribution < -0.4 is 10.1 Å². The Bertz CT molecular complexity index is 876. The van der Waals surface area contributed by atoms with Gasteiger partial charge in [-0.25, -0.2) is 8.42 Å². The number of benzene rings is 2. The van der Waals surface area contributed by atoms with Gasteiger partial charge in [0, 0.05) is 25.2 Å². The number of ether oxygens (including phenoxy) is 1. The molecule has 2 aromatic carbocycles. The van der Waals surface area contributed by atoms with E-state index < -0.39 is 16.1 Å². The maximum Gasteiger partial charge on any atom is 0.251 e. The summed E-state index contributed by atoms with van der Waals surface area (Å²) in [5.41, 5.74) is 0.974. The Balaban J connectivity index is 2.00. The van der Waals surface area contributed by atoms with Gasteiger partial charge < -0.3 is 15.2 Å². The third kappa shape index (κ3) is 5.09. The molecular weight excluding hydrogens is 380 g/mol. The molecule has 0 saturated carbocycles. The fourth-order valence-corrected chi connectivity index (χ4v) is 4.18. The van der Waals surface area contributed by atoms with Gasteiger partial charge in [0.25, 0.3) is 5.91 Å². The number of amides is 1. The van der Waals surface area contributed by atoms with E-state index in [1.54, 1.807) is 45.2 Å². The number of methoxy groups -OCH3 is 1. The summed E-state index contributed by atoms with van der Waals surface area (Å²) in [5, 5.41) is 12.9. The molecule has 8 heteroatoms. The van der Waals surface area contributed by atoms with Crippen LogP contribution in [0.3, 0.4) is 0 Å². The van der Waals surface area contributed by atoms with Gasteiger partial charge in [-0.15, -0.1) is 0 Å². The number of nitrogens with zero attached hydrogens (tertiary/aromatic N) is 1. The summed E-state index contributed by atoms with van der Waals surface area (Å²) in [6, 6.07) is 12.7. The maximum atomic E-state index is 12.5. The predicted molar refractivity (Wildman–Crippen MR) is 107 cm³/mol. The molecule has 0 aromatic heterocycles. The first kappa shape index (κ1) is 21.9. The van der Waals surface area contributed by atoms with E-state index in [0.29, 0.717) is 30.0 Å². The SMILES string of the molecule is CCN(CC)S(=O)(=O)c1ccc(C(=O)NCC(O)c2ccc(OC)cc2)cc1. The molecule has 2 aromatic rings. The Hall–Kier alpha value is -2.42. The Kier molecular flexibility index (Phi) is 7.56. The first-order valence-corrected chi connectivity index (χ1v) is 10.5. The van der Waals surface area contributed by atoms with Crippen molar-refractivity contribution in [2.45, 2.75) is 24.8 Å². The summed E-state index contributed by atoms with van der Waals surface area (Å²) >= 11 is 0. The number of aliphatic hydroxyl groups is 1. The fraction of sp³-hybridized carbons (Fsp3) is 0.350. The van der Waals surface area contributed by atoms with Gasteiger partial charge in [0.05, 0.1) is 18.1 Å². The molecule has 1 unspecified atom stereocenters. The van der Waals surface area contributed by atoms with Crippen molar-refractivity contribution < 1.29 is 23.1 Å². The molecule has 0 aliphatic rings. The lowest BCUT2D eigenvalue weighted by molar-refractivity contribution is 0.0916. The monoisotopic (exact) mass is 406 g/mol. The van der Waals surface area contributed by atoms with Crippen LogP contribution in [0.1, 0.15) is 35.9 Å². The molecule has 0 bridgehead atoms. The first-order chi connectivity index (χ1) is 13.3. The molecule has 0 radical (unpaired) electrons. The van der Waals surface area contributed by atoms with Crippen molar-refractivity contribution in [1.82, 2.24) is 9.62 Å². The van der Waals surface area contributed by atoms with E-state index in [-0.39, 0.29) is 17.3 Å². The van der Waals surface area contributed by atoms with Crippen LogP contribution in [0.15, 0.2) is 53.4 Å². The fourth-order valence-electron chi connectivity index (χ4n) is 2.73. The summed E-state index contributed by atoms with van der Waals surface area (Å²) in [4.78, 5) is 12.4. The van der Waals surface area contributed by atoms with Crippen LogP contribution in [0.4, 0.5) is 0 Å². The van der Waals surface area contributed by atoms with Crippen molar-refractivity contribution >= 4 is 15.9 Å². The summed E-state index contributed by atoms with van der Waals surface area (Å²) in [7, 11) is -2.00. The molecule has 0 fully saturated rings. The molecule has 2 rings (SSSR count). The van der Waals surface area contributed by atoms with Gasteiger partial charge in [0.1, 0.15) is 5.75 Å². The van der Waals surface area contributed by atoms with Crippen LogP contribution in [-0.2, 0) is 10.0 Å². The zero-order chi connectivity index (χ0) is 20.7. The van der Waals surface area contributed by atoms with E-state index in [9.17, 15) is 18.3 Å². The second-order valence-corrected chi connectivity index (χ2v) is 8.05. The van der Waals surface area contributed by atoms with Crippen molar-refractivity contribution in [2.24, 2.45) is 0 Å². The van der Waals surface area contributed by atoms with Gasteiger partial charge in [-0.1, -0.05) is 26.0 Å². The summed E-state index contributed by atoms with van der Waals surface area (Å²) in [5.74, 6) is 0.291. The normalized spacial score (nSPS) is 12.6. The number of rotatable bonds is 9. The molecule has 1 atom stereocenters. The standard InChI is InChI=1S/C20H26N2O5S/c1-4-22(5-2)28(25,26)18-12-8-16(9-13-18)20(24)21-14-19(23)15-6-10-17(27-3)11-7-15/h6-13,19,23H,4-5,14H2,1-3H3,(H,21,24). The third-order valence-corrected chi connectivity index (χ3v) is 6.48. The summed E-state index contributed by atoms with van der Waals surface area (Å²) in [6.07, 6.45) is -0.864. The smallest absolute Gasteiger partial charge is 0.251 e. The van der Waals surface area contributed by atoms with Crippen molar-refractivity contribution in [3.05, 3.63) is 59.7 Å². The number of hydrogen-bond donors (Lipinski definition) is 2. The topological polar surface area (TPSA) is 95.9 Å². The molecule has 0 aliphatic carbocycles. The van der Waals surface area contributed by atoms with Crippen molar-refractivity contribution in [3.8, 4) is 5.75 Å². The van der Waals surface area contributed by atoms with E-state index >= 15 is 0 Å². The molecule has 28 heavy (non-hydrogen) atoms. The Morgan fingerprint density at radius 2 is 1.64 bits per heavy atom. The number of hydrogen-bond acceptors (Lipinski definition) is 5. The Labute approximate surface area is 166 Å². The minimum Gasteiger partial charge on any atom is -0.497 e. The molecule has 1 amide bonds. The minimum atomic E-state index is -3.56. The number of carbonyl (C=O) groups is 1. The van der Waals surface area contributed by atoms with E-state index in [1.165, 1.54) is 28.6 Å². The third-order valence-electron chi connectivity index (χ3n) is 4.42. The van der Waals surface area contributed by atoms with E-state index in [0.717, 1.165) is 0 Å². The molecule has 152 valence electrons. The Morgan fingerprint density at radius 1 is 1.07 bits per heavy atom. The van der Waals surface area contributed by atoms with Gasteiger partial charge in [0.2, 0.25) is 10.0 Å². The maximum absolute atomic E-state index is 12.5. The van der Waals surface area contributed by atoms with Gasteiger partial charge in [-0.05, 0) is 42.0 Å². The highest BCUT2D eigenvalue weighted by molar-refractivity contribution is 7.89. The second-order valence-electron chi connectivity index (χ2n) is 6.11. The molecular formula is C20H26N2O5S. The highest BCUT2D eigenvalue weighted by Gasteiger charge is 2.21. The van der Waals surface area contributed by atoms with Crippen LogP contribution in [0.2, 0.25) is 0 Å². The lowest BCUT2D eigenvalue weighted by Gasteiger charge is -2.18. The van der Waals surface area contributed by atoms with Crippen LogP contribution in [-0.4, -0.2) is 50.5 Å². The zero-order valence-electron chi connectivity index (χ0n) is 16.3. The number of sulfonamides is 1. The number of carbonyl (C=O) groups excluding carboxylic acids is 1. The van der Waals surface area contributed by atoms with Crippen molar-refractivity contribution in [3.63, 3.8) is 0 Å². The Morgan fingerprint density at radius 3 is 2.14 bits per heavy atom. The van der Waals surface area contributed by atoms with Gasteiger partial charge in [0.15, 0.2) is 0 Å². The van der Waals surface area contributed by atoms with E-state index in [4.69, 9.17) is 4.74 Å². The van der Waals surface area contributed by atoms with Gasteiger partial charge >= 0.3 is 0 Å². The van der Waals surface area contributed by atoms with Crippen LogP contribution in [0.5, 0.6) is 5.75 Å². The quantitative estimate of drug-likeness (QED) is 0.666. The zero-order valence-corrected chi connectivity index (χ0v) is 17.1. The van der Waals surface area contributed by atoms with Crippen molar-refractivity contribution in [1.29, 1.82) is 0 Å². The molecule has 0 spiro atoms. The average molecular weight is 407 g/mol. The lowest BCUT2D eigenvalue weighted by Crippen LogP contribution is -2.31. The highest BCUT2D eigenvalue weighted by Crippen LogP contribution is 2.18. The molecule has 7 nitrogen and oxygen atoms in total. The number of aliphatic hydroxyl groups excluding tert-OH is 1. The van der Waals surface area contributed by atoms with E-state index in [1.807, 2.05) is 0 Å². The predicted octanol–water partition coefficient (Wildman–Crippen LogP) is 2.19. The average Bonchev–Trinajstić information content (AvgIpc) is 2.72. The lowest BCUT2D eigenvalue weighted by atomic mass is 10.1. The molecule has 2 N–H and O–H groups in total. The van der Waals surface area contributed by atoms with Crippen LogP contribution in [0.25, 0.3) is 0 Å². The second kappa shape index (κ2) is 9.68. The summed E-state index contributed by atoms with van der Waals surface area (Å²) < 4.78 is 31.4. The first-order valence-electron chi connectivity index (χ1n) is 9.03. The van der Waals surface area contributed by atoms with Gasteiger partial charge in [-0.3, -0.25) is 4.79 Å². The van der Waals surface area contributed by atoms with Gasteiger partial charge in [-0.2, -0.15) is 4.31 Å². The summed E-state index contributed by atoms with van der Waals surface area (Å²) in [6.45, 7) is 4.34. The molecule has 0 saturated heterocycles. The van der Waals surface area contributed by atoms with Crippen molar-refractivity contribution in [2.75, 3.05) is 26.7 Å². The molecule has 0 aliphatic heterocycles. The molecule has 0 heterocycles.